The summed E-state index contributed by atoms with van der Waals surface area (Å²) >= 11 is 12.2. The van der Waals surface area contributed by atoms with E-state index in [0.29, 0.717) is 21.4 Å². The summed E-state index contributed by atoms with van der Waals surface area (Å²) in [4.78, 5) is 10.9. The van der Waals surface area contributed by atoms with Gasteiger partial charge >= 0.3 is 5.97 Å². The number of carboxylic acids is 1. The number of aromatic nitrogens is 2. The summed E-state index contributed by atoms with van der Waals surface area (Å²) in [7, 11) is 0. The number of aromatic carboxylic acids is 1. The fraction of sp³-hybridized carbons (Fsp3) is 0.167. The number of aryl methyl sites for hydroxylation is 2. The van der Waals surface area contributed by atoms with Crippen LogP contribution in [0.4, 0.5) is 0 Å². The number of halogens is 2. The highest BCUT2D eigenvalue weighted by Crippen LogP contribution is 2.28. The molecular formula is C12H10Cl2N2O2. The number of benzene rings is 1. The van der Waals surface area contributed by atoms with Gasteiger partial charge in [0, 0.05) is 10.7 Å². The van der Waals surface area contributed by atoms with E-state index < -0.39 is 5.97 Å². The van der Waals surface area contributed by atoms with Gasteiger partial charge in [0.1, 0.15) is 0 Å². The van der Waals surface area contributed by atoms with Crippen LogP contribution in [0.15, 0.2) is 18.2 Å². The monoisotopic (exact) mass is 284 g/mol. The van der Waals surface area contributed by atoms with Crippen LogP contribution >= 0.6 is 23.2 Å². The lowest BCUT2D eigenvalue weighted by Gasteiger charge is -2.09. The van der Waals surface area contributed by atoms with Gasteiger partial charge in [-0.05, 0) is 37.6 Å². The predicted molar refractivity (Wildman–Crippen MR) is 70.0 cm³/mol. The molecule has 4 nitrogen and oxygen atoms in total. The average Bonchev–Trinajstić information content (AvgIpc) is 2.66. The normalized spacial score (nSPS) is 10.7. The molecule has 0 fully saturated rings. The zero-order valence-corrected chi connectivity index (χ0v) is 11.2. The lowest BCUT2D eigenvalue weighted by atomic mass is 10.2. The molecule has 1 aromatic heterocycles. The number of hydrogen-bond acceptors (Lipinski definition) is 2. The Morgan fingerprint density at radius 1 is 1.22 bits per heavy atom. The lowest BCUT2D eigenvalue weighted by Crippen LogP contribution is -2.03. The van der Waals surface area contributed by atoms with Crippen LogP contribution in [-0.4, -0.2) is 20.9 Å². The van der Waals surface area contributed by atoms with Crippen molar-refractivity contribution >= 4 is 29.2 Å². The number of hydrogen-bond donors (Lipinski definition) is 1. The smallest absolute Gasteiger partial charge is 0.356 e. The molecule has 0 aliphatic rings. The number of carboxylic acid groups (broad SMARTS) is 1. The summed E-state index contributed by atoms with van der Waals surface area (Å²) in [5, 5.41) is 13.9. The zero-order chi connectivity index (χ0) is 13.4. The van der Waals surface area contributed by atoms with Gasteiger partial charge in [0.25, 0.3) is 0 Å². The Morgan fingerprint density at radius 3 is 2.44 bits per heavy atom. The van der Waals surface area contributed by atoms with E-state index in [1.165, 1.54) is 10.7 Å². The van der Waals surface area contributed by atoms with E-state index in [1.54, 1.807) is 19.1 Å². The summed E-state index contributed by atoms with van der Waals surface area (Å²) < 4.78 is 1.47. The van der Waals surface area contributed by atoms with Gasteiger partial charge in [-0.1, -0.05) is 23.2 Å². The molecule has 0 aliphatic heterocycles. The molecule has 1 heterocycles. The van der Waals surface area contributed by atoms with Crippen molar-refractivity contribution in [1.29, 1.82) is 0 Å². The molecule has 18 heavy (non-hydrogen) atoms. The van der Waals surface area contributed by atoms with Crippen molar-refractivity contribution < 1.29 is 9.90 Å². The summed E-state index contributed by atoms with van der Waals surface area (Å²) in [6, 6.07) is 4.87. The van der Waals surface area contributed by atoms with Gasteiger partial charge in [-0.2, -0.15) is 5.10 Å². The molecule has 6 heteroatoms. The van der Waals surface area contributed by atoms with Crippen LogP contribution in [0.5, 0.6) is 0 Å². The first kappa shape index (κ1) is 12.9. The molecule has 0 bridgehead atoms. The van der Waals surface area contributed by atoms with Crippen LogP contribution in [-0.2, 0) is 0 Å². The predicted octanol–water partition coefficient (Wildman–Crippen LogP) is 3.49. The van der Waals surface area contributed by atoms with Crippen molar-refractivity contribution in [2.24, 2.45) is 0 Å². The Balaban J connectivity index is 2.62. The SMILES string of the molecule is Cc1cc(Cl)c(-n2nc(C(=O)O)cc2C)cc1Cl. The molecule has 0 spiro atoms. The van der Waals surface area contributed by atoms with Crippen molar-refractivity contribution in [3.63, 3.8) is 0 Å². The number of nitrogens with zero attached hydrogens (tertiary/aromatic N) is 2. The minimum absolute atomic E-state index is 0.0275. The summed E-state index contributed by atoms with van der Waals surface area (Å²) in [5.74, 6) is -1.08. The van der Waals surface area contributed by atoms with Crippen LogP contribution in [0.1, 0.15) is 21.7 Å². The Labute approximate surface area is 114 Å². The minimum atomic E-state index is -1.08. The van der Waals surface area contributed by atoms with E-state index in [2.05, 4.69) is 5.10 Å². The highest BCUT2D eigenvalue weighted by molar-refractivity contribution is 6.35. The third-order valence-electron chi connectivity index (χ3n) is 2.56. The second kappa shape index (κ2) is 4.63. The molecule has 0 saturated heterocycles. The van der Waals surface area contributed by atoms with Gasteiger partial charge in [-0.3, -0.25) is 0 Å². The quantitative estimate of drug-likeness (QED) is 0.918. The molecule has 0 saturated carbocycles. The summed E-state index contributed by atoms with van der Waals surface area (Å²) in [5.41, 5.74) is 2.07. The van der Waals surface area contributed by atoms with Crippen molar-refractivity contribution in [2.75, 3.05) is 0 Å². The second-order valence-electron chi connectivity index (χ2n) is 3.94. The largest absolute Gasteiger partial charge is 0.476 e. The minimum Gasteiger partial charge on any atom is -0.476 e. The maximum Gasteiger partial charge on any atom is 0.356 e. The maximum atomic E-state index is 10.9. The van der Waals surface area contributed by atoms with Gasteiger partial charge in [-0.15, -0.1) is 0 Å². The first-order valence-corrected chi connectivity index (χ1v) is 5.91. The Bertz CT molecular complexity index is 635. The molecule has 1 N–H and O–H groups in total. The molecule has 1 aromatic carbocycles. The first-order chi connectivity index (χ1) is 8.40. The summed E-state index contributed by atoms with van der Waals surface area (Å²) in [6.07, 6.45) is 0. The molecule has 0 unspecified atom stereocenters. The fourth-order valence-corrected chi connectivity index (χ4v) is 2.08. The standard InChI is InChI=1S/C12H10Cl2N2O2/c1-6-3-9(14)11(5-8(6)13)16-7(2)4-10(15-16)12(17)18/h3-5H,1-2H3,(H,17,18). The van der Waals surface area contributed by atoms with E-state index in [4.69, 9.17) is 28.3 Å². The van der Waals surface area contributed by atoms with Crippen LogP contribution in [0, 0.1) is 13.8 Å². The van der Waals surface area contributed by atoms with Crippen molar-refractivity contribution in [3.8, 4) is 5.69 Å². The molecule has 2 aromatic rings. The zero-order valence-electron chi connectivity index (χ0n) is 9.74. The van der Waals surface area contributed by atoms with Gasteiger partial charge in [-0.25, -0.2) is 9.48 Å². The molecule has 2 rings (SSSR count). The molecule has 94 valence electrons. The maximum absolute atomic E-state index is 10.9. The fourth-order valence-electron chi connectivity index (χ4n) is 1.62. The van der Waals surface area contributed by atoms with Gasteiger partial charge in [0.05, 0.1) is 10.7 Å². The van der Waals surface area contributed by atoms with Crippen LogP contribution < -0.4 is 0 Å². The van der Waals surface area contributed by atoms with Gasteiger partial charge < -0.3 is 5.11 Å². The topological polar surface area (TPSA) is 55.1 Å². The van der Waals surface area contributed by atoms with Crippen LogP contribution in [0.2, 0.25) is 10.0 Å². The molecule has 0 radical (unpaired) electrons. The van der Waals surface area contributed by atoms with E-state index in [0.717, 1.165) is 5.56 Å². The van der Waals surface area contributed by atoms with E-state index >= 15 is 0 Å². The highest BCUT2D eigenvalue weighted by Gasteiger charge is 2.14. The molecule has 0 aliphatic carbocycles. The Morgan fingerprint density at radius 2 is 1.89 bits per heavy atom. The van der Waals surface area contributed by atoms with Crippen molar-refractivity contribution in [3.05, 3.63) is 45.2 Å². The third kappa shape index (κ3) is 2.21. The number of carbonyl (C=O) groups is 1. The highest BCUT2D eigenvalue weighted by atomic mass is 35.5. The summed E-state index contributed by atoms with van der Waals surface area (Å²) in [6.45, 7) is 3.60. The Hall–Kier alpha value is -1.52. The third-order valence-corrected chi connectivity index (χ3v) is 3.27. The van der Waals surface area contributed by atoms with Crippen molar-refractivity contribution in [2.45, 2.75) is 13.8 Å². The second-order valence-corrected chi connectivity index (χ2v) is 4.76. The molecular weight excluding hydrogens is 275 g/mol. The first-order valence-electron chi connectivity index (χ1n) is 5.16. The van der Waals surface area contributed by atoms with Crippen molar-refractivity contribution in [1.82, 2.24) is 9.78 Å². The van der Waals surface area contributed by atoms with Gasteiger partial charge in [0.15, 0.2) is 5.69 Å². The van der Waals surface area contributed by atoms with E-state index in [1.807, 2.05) is 6.92 Å². The molecule has 0 atom stereocenters. The lowest BCUT2D eigenvalue weighted by molar-refractivity contribution is 0.0690. The van der Waals surface area contributed by atoms with Crippen LogP contribution in [0.3, 0.4) is 0 Å². The number of rotatable bonds is 2. The van der Waals surface area contributed by atoms with E-state index in [-0.39, 0.29) is 5.69 Å². The average molecular weight is 285 g/mol. The Kier molecular flexibility index (Phi) is 3.32. The van der Waals surface area contributed by atoms with Gasteiger partial charge in [0.2, 0.25) is 0 Å². The molecule has 0 amide bonds. The van der Waals surface area contributed by atoms with Crippen LogP contribution in [0.25, 0.3) is 5.69 Å². The van der Waals surface area contributed by atoms with E-state index in [9.17, 15) is 4.79 Å².